The number of pyridine rings is 1. The van der Waals surface area contributed by atoms with E-state index in [0.29, 0.717) is 5.02 Å². The van der Waals surface area contributed by atoms with Gasteiger partial charge in [-0.15, -0.1) is 0 Å². The van der Waals surface area contributed by atoms with Gasteiger partial charge >= 0.3 is 0 Å². The first-order valence-electron chi connectivity index (χ1n) is 8.06. The highest BCUT2D eigenvalue weighted by atomic mass is 35.5. The Morgan fingerprint density at radius 2 is 1.83 bits per heavy atom. The fourth-order valence-corrected chi connectivity index (χ4v) is 3.26. The molecule has 0 spiro atoms. The van der Waals surface area contributed by atoms with Gasteiger partial charge in [0.1, 0.15) is 11.5 Å². The predicted molar refractivity (Wildman–Crippen MR) is 93.7 cm³/mol. The first kappa shape index (κ1) is 15.6. The zero-order valence-electron chi connectivity index (χ0n) is 13.2. The van der Waals surface area contributed by atoms with E-state index < -0.39 is 0 Å². The van der Waals surface area contributed by atoms with Crippen LogP contribution in [0, 0.1) is 5.82 Å². The number of nitrogens with zero attached hydrogens (tertiary/aromatic N) is 3. The molecule has 0 saturated carbocycles. The van der Waals surface area contributed by atoms with Crippen LogP contribution in [0.4, 0.5) is 4.39 Å². The van der Waals surface area contributed by atoms with Crippen LogP contribution in [0.3, 0.4) is 0 Å². The van der Waals surface area contributed by atoms with Crippen molar-refractivity contribution in [3.05, 3.63) is 59.1 Å². The van der Waals surface area contributed by atoms with Crippen molar-refractivity contribution < 1.29 is 4.39 Å². The Kier molecular flexibility index (Phi) is 4.22. The van der Waals surface area contributed by atoms with Gasteiger partial charge in [-0.05, 0) is 24.3 Å². The van der Waals surface area contributed by atoms with Crippen LogP contribution in [-0.2, 0) is 6.54 Å². The molecule has 1 saturated heterocycles. The molecule has 1 aromatic carbocycles. The van der Waals surface area contributed by atoms with E-state index in [-0.39, 0.29) is 5.82 Å². The van der Waals surface area contributed by atoms with Gasteiger partial charge < -0.3 is 5.32 Å². The van der Waals surface area contributed by atoms with Crippen molar-refractivity contribution in [2.24, 2.45) is 0 Å². The van der Waals surface area contributed by atoms with Crippen LogP contribution < -0.4 is 5.32 Å². The minimum Gasteiger partial charge on any atom is -0.314 e. The molecule has 0 atom stereocenters. The van der Waals surface area contributed by atoms with E-state index in [1.54, 1.807) is 6.07 Å². The zero-order valence-corrected chi connectivity index (χ0v) is 13.9. The molecular weight excluding hydrogens is 327 g/mol. The van der Waals surface area contributed by atoms with E-state index in [1.807, 2.05) is 28.7 Å². The highest BCUT2D eigenvalue weighted by Crippen LogP contribution is 2.27. The number of imidazole rings is 1. The quantitative estimate of drug-likeness (QED) is 0.792. The minimum absolute atomic E-state index is 0.260. The summed E-state index contributed by atoms with van der Waals surface area (Å²) in [4.78, 5) is 7.10. The van der Waals surface area contributed by atoms with Gasteiger partial charge in [0.2, 0.25) is 0 Å². The number of benzene rings is 1. The first-order chi connectivity index (χ1) is 11.7. The maximum absolute atomic E-state index is 13.8. The number of hydrogen-bond donors (Lipinski definition) is 1. The summed E-state index contributed by atoms with van der Waals surface area (Å²) in [6.45, 7) is 4.64. The third-order valence-electron chi connectivity index (χ3n) is 4.38. The molecule has 0 aliphatic carbocycles. The van der Waals surface area contributed by atoms with Gasteiger partial charge in [0.25, 0.3) is 0 Å². The molecule has 6 heteroatoms. The molecule has 0 amide bonds. The lowest BCUT2D eigenvalue weighted by Gasteiger charge is -2.27. The van der Waals surface area contributed by atoms with Crippen molar-refractivity contribution in [3.8, 4) is 11.3 Å². The Hall–Kier alpha value is -1.95. The first-order valence-corrected chi connectivity index (χ1v) is 8.44. The van der Waals surface area contributed by atoms with Gasteiger partial charge in [-0.1, -0.05) is 23.7 Å². The normalized spacial score (nSPS) is 15.9. The summed E-state index contributed by atoms with van der Waals surface area (Å²) in [5.41, 5.74) is 3.64. The van der Waals surface area contributed by atoms with Crippen LogP contribution in [0.15, 0.2) is 42.6 Å². The van der Waals surface area contributed by atoms with Crippen molar-refractivity contribution in [2.75, 3.05) is 26.2 Å². The molecule has 4 nitrogen and oxygen atoms in total. The Labute approximate surface area is 144 Å². The molecule has 3 heterocycles. The van der Waals surface area contributed by atoms with Crippen molar-refractivity contribution in [1.29, 1.82) is 0 Å². The van der Waals surface area contributed by atoms with Crippen LogP contribution in [0.2, 0.25) is 5.02 Å². The van der Waals surface area contributed by atoms with Crippen molar-refractivity contribution in [3.63, 3.8) is 0 Å². The smallest absolute Gasteiger partial charge is 0.139 e. The summed E-state index contributed by atoms with van der Waals surface area (Å²) in [5.74, 6) is -0.260. The summed E-state index contributed by atoms with van der Waals surface area (Å²) in [6, 6.07) is 10.8. The second-order valence-electron chi connectivity index (χ2n) is 6.02. The molecule has 1 N–H and O–H groups in total. The summed E-state index contributed by atoms with van der Waals surface area (Å²) in [6.07, 6.45) is 1.51. The van der Waals surface area contributed by atoms with E-state index in [4.69, 9.17) is 16.6 Å². The number of rotatable bonds is 3. The van der Waals surface area contributed by atoms with Gasteiger partial charge in [-0.3, -0.25) is 9.30 Å². The van der Waals surface area contributed by atoms with E-state index in [1.165, 1.54) is 12.3 Å². The van der Waals surface area contributed by atoms with Crippen LogP contribution in [0.1, 0.15) is 5.69 Å². The maximum Gasteiger partial charge on any atom is 0.139 e. The molecule has 124 valence electrons. The minimum atomic E-state index is -0.260. The lowest BCUT2D eigenvalue weighted by Crippen LogP contribution is -2.43. The predicted octanol–water partition coefficient (Wildman–Crippen LogP) is 3.20. The highest BCUT2D eigenvalue weighted by molar-refractivity contribution is 6.30. The summed E-state index contributed by atoms with van der Waals surface area (Å²) in [5, 5.41) is 4.05. The van der Waals surface area contributed by atoms with Crippen molar-refractivity contribution in [2.45, 2.75) is 6.54 Å². The van der Waals surface area contributed by atoms with Gasteiger partial charge in [0.05, 0.1) is 11.4 Å². The molecule has 0 unspecified atom stereocenters. The lowest BCUT2D eigenvalue weighted by atomic mass is 10.1. The monoisotopic (exact) mass is 344 g/mol. The van der Waals surface area contributed by atoms with Gasteiger partial charge in [0, 0.05) is 49.5 Å². The Balaban J connectivity index is 1.81. The molecule has 1 aliphatic heterocycles. The average Bonchev–Trinajstić information content (AvgIpc) is 2.94. The second kappa shape index (κ2) is 6.51. The molecule has 24 heavy (non-hydrogen) atoms. The van der Waals surface area contributed by atoms with Crippen LogP contribution >= 0.6 is 11.6 Å². The molecule has 0 radical (unpaired) electrons. The Morgan fingerprint density at radius 3 is 2.58 bits per heavy atom. The molecule has 3 aromatic rings. The van der Waals surface area contributed by atoms with Crippen LogP contribution in [-0.4, -0.2) is 40.5 Å². The fraction of sp³-hybridized carbons (Fsp3) is 0.278. The maximum atomic E-state index is 13.8. The number of piperazine rings is 1. The average molecular weight is 345 g/mol. The third kappa shape index (κ3) is 3.02. The standard InChI is InChI=1S/C18H18ClFN4/c19-14-3-1-13(2-4-14)18-16(12-23-9-7-21-8-10-23)24-11-15(20)5-6-17(24)22-18/h1-6,11,21H,7-10,12H2. The van der Waals surface area contributed by atoms with Gasteiger partial charge in [-0.2, -0.15) is 0 Å². The molecule has 1 aliphatic rings. The number of nitrogens with one attached hydrogen (secondary N) is 1. The topological polar surface area (TPSA) is 32.6 Å². The molecule has 0 bridgehead atoms. The summed E-state index contributed by atoms with van der Waals surface area (Å²) < 4.78 is 15.6. The Morgan fingerprint density at radius 1 is 1.08 bits per heavy atom. The lowest BCUT2D eigenvalue weighted by molar-refractivity contribution is 0.230. The molecular formula is C18H18ClFN4. The molecule has 2 aromatic heterocycles. The third-order valence-corrected chi connectivity index (χ3v) is 4.63. The Bertz CT molecular complexity index is 853. The zero-order chi connectivity index (χ0) is 16.5. The SMILES string of the molecule is Fc1ccc2nc(-c3ccc(Cl)cc3)c(CN3CCNCC3)n2c1. The number of halogens is 2. The van der Waals surface area contributed by atoms with Gasteiger partial charge in [-0.25, -0.2) is 9.37 Å². The largest absolute Gasteiger partial charge is 0.314 e. The molecule has 1 fully saturated rings. The second-order valence-corrected chi connectivity index (χ2v) is 6.45. The van der Waals surface area contributed by atoms with E-state index >= 15 is 0 Å². The van der Waals surface area contributed by atoms with E-state index in [2.05, 4.69) is 10.2 Å². The van der Waals surface area contributed by atoms with Gasteiger partial charge in [0.15, 0.2) is 0 Å². The van der Waals surface area contributed by atoms with Crippen molar-refractivity contribution in [1.82, 2.24) is 19.6 Å². The van der Waals surface area contributed by atoms with Crippen LogP contribution in [0.25, 0.3) is 16.9 Å². The highest BCUT2D eigenvalue weighted by Gasteiger charge is 2.18. The summed E-state index contributed by atoms with van der Waals surface area (Å²) in [7, 11) is 0. The number of fused-ring (bicyclic) bond motifs is 1. The van der Waals surface area contributed by atoms with E-state index in [9.17, 15) is 4.39 Å². The fourth-order valence-electron chi connectivity index (χ4n) is 3.14. The number of aromatic nitrogens is 2. The molecule has 4 rings (SSSR count). The van der Waals surface area contributed by atoms with Crippen molar-refractivity contribution >= 4 is 17.2 Å². The summed E-state index contributed by atoms with van der Waals surface area (Å²) >= 11 is 6.00. The van der Waals surface area contributed by atoms with E-state index in [0.717, 1.165) is 55.3 Å². The van der Waals surface area contributed by atoms with Crippen LogP contribution in [0.5, 0.6) is 0 Å². The number of hydrogen-bond acceptors (Lipinski definition) is 3.